The van der Waals surface area contributed by atoms with Gasteiger partial charge in [0.15, 0.2) is 0 Å². The van der Waals surface area contributed by atoms with Gasteiger partial charge in [0.25, 0.3) is 0 Å². The normalized spacial score (nSPS) is 17.4. The van der Waals surface area contributed by atoms with Crippen LogP contribution in [0, 0.1) is 0 Å². The van der Waals surface area contributed by atoms with Crippen LogP contribution in [-0.2, 0) is 4.79 Å². The van der Waals surface area contributed by atoms with Gasteiger partial charge in [-0.05, 0) is 24.1 Å². The summed E-state index contributed by atoms with van der Waals surface area (Å²) in [6, 6.07) is 8.51. The van der Waals surface area contributed by atoms with Crippen LogP contribution < -0.4 is 10.6 Å². The summed E-state index contributed by atoms with van der Waals surface area (Å²) in [5.41, 5.74) is 2.12. The molecule has 2 N–H and O–H groups in total. The van der Waals surface area contributed by atoms with Crippen molar-refractivity contribution in [3.63, 3.8) is 0 Å². The number of hydrogen-bond acceptors (Lipinski definition) is 3. The van der Waals surface area contributed by atoms with Crippen molar-refractivity contribution in [1.82, 2.24) is 10.2 Å². The van der Waals surface area contributed by atoms with E-state index < -0.39 is 0 Å². The Balaban J connectivity index is 2.11. The minimum Gasteiger partial charge on any atom is -0.326 e. The topological polar surface area (TPSA) is 44.4 Å². The molecule has 1 fully saturated rings. The zero-order valence-electron chi connectivity index (χ0n) is 12.1. The predicted octanol–water partition coefficient (Wildman–Crippen LogP) is 2.17. The molecular formula is C16H23N3O. The van der Waals surface area contributed by atoms with Gasteiger partial charge in [0.1, 0.15) is 0 Å². The molecule has 1 aromatic rings. The lowest BCUT2D eigenvalue weighted by Gasteiger charge is -2.34. The van der Waals surface area contributed by atoms with E-state index in [0.29, 0.717) is 6.04 Å². The summed E-state index contributed by atoms with van der Waals surface area (Å²) >= 11 is 0. The van der Waals surface area contributed by atoms with Gasteiger partial charge in [0.05, 0.1) is 0 Å². The molecule has 0 saturated carbocycles. The fourth-order valence-corrected chi connectivity index (χ4v) is 2.64. The Labute approximate surface area is 120 Å². The molecule has 1 atom stereocenters. The first-order chi connectivity index (χ1) is 9.70. The molecular weight excluding hydrogens is 250 g/mol. The molecule has 2 rings (SSSR count). The fourth-order valence-electron chi connectivity index (χ4n) is 2.64. The Morgan fingerprint density at radius 3 is 2.60 bits per heavy atom. The molecule has 20 heavy (non-hydrogen) atoms. The van der Waals surface area contributed by atoms with Gasteiger partial charge in [-0.25, -0.2) is 0 Å². The van der Waals surface area contributed by atoms with Crippen LogP contribution in [0.2, 0.25) is 0 Å². The summed E-state index contributed by atoms with van der Waals surface area (Å²) in [7, 11) is 0. The number of amides is 1. The van der Waals surface area contributed by atoms with E-state index in [-0.39, 0.29) is 5.91 Å². The van der Waals surface area contributed by atoms with Crippen LogP contribution in [0.4, 0.5) is 5.69 Å². The maximum atomic E-state index is 11.0. The maximum Gasteiger partial charge on any atom is 0.221 e. The van der Waals surface area contributed by atoms with Crippen LogP contribution in [0.3, 0.4) is 0 Å². The highest BCUT2D eigenvalue weighted by Gasteiger charge is 2.20. The number of carbonyl (C=O) groups excluding carboxylic acids is 1. The lowest BCUT2D eigenvalue weighted by molar-refractivity contribution is -0.114. The average molecular weight is 273 g/mol. The summed E-state index contributed by atoms with van der Waals surface area (Å²) in [5.74, 6) is -0.0394. The largest absolute Gasteiger partial charge is 0.326 e. The second-order valence-electron chi connectivity index (χ2n) is 5.13. The monoisotopic (exact) mass is 273 g/mol. The molecule has 0 aromatic heterocycles. The molecule has 0 spiro atoms. The number of nitrogens with one attached hydrogen (secondary N) is 2. The first-order valence-electron chi connectivity index (χ1n) is 7.14. The Hall–Kier alpha value is -1.65. The first kappa shape index (κ1) is 14.8. The third kappa shape index (κ3) is 3.92. The second kappa shape index (κ2) is 7.22. The lowest BCUT2D eigenvalue weighted by Crippen LogP contribution is -2.45. The summed E-state index contributed by atoms with van der Waals surface area (Å²) in [5, 5.41) is 6.18. The third-order valence-corrected chi connectivity index (χ3v) is 3.60. The molecule has 4 nitrogen and oxygen atoms in total. The van der Waals surface area contributed by atoms with Gasteiger partial charge in [0, 0.05) is 44.8 Å². The molecule has 0 unspecified atom stereocenters. The van der Waals surface area contributed by atoms with E-state index in [1.807, 2.05) is 18.2 Å². The summed E-state index contributed by atoms with van der Waals surface area (Å²) in [6.07, 6.45) is 2.92. The number of nitrogens with zero attached hydrogens (tertiary/aromatic N) is 1. The minimum atomic E-state index is -0.0394. The summed E-state index contributed by atoms with van der Waals surface area (Å²) in [4.78, 5) is 13.5. The van der Waals surface area contributed by atoms with Gasteiger partial charge in [-0.3, -0.25) is 9.69 Å². The van der Waals surface area contributed by atoms with Crippen LogP contribution in [0.15, 0.2) is 36.9 Å². The summed E-state index contributed by atoms with van der Waals surface area (Å²) < 4.78 is 0. The van der Waals surface area contributed by atoms with Crippen molar-refractivity contribution in [2.75, 3.05) is 31.5 Å². The molecule has 1 aliphatic heterocycles. The van der Waals surface area contributed by atoms with E-state index >= 15 is 0 Å². The average Bonchev–Trinajstić information content (AvgIpc) is 2.46. The van der Waals surface area contributed by atoms with Crippen LogP contribution in [-0.4, -0.2) is 37.0 Å². The van der Waals surface area contributed by atoms with Crippen molar-refractivity contribution in [1.29, 1.82) is 0 Å². The SMILES string of the molecule is C=CC[C@@H](c1ccc(NC(C)=O)cc1)N1CCNCC1. The van der Waals surface area contributed by atoms with Crippen molar-refractivity contribution < 1.29 is 4.79 Å². The van der Waals surface area contributed by atoms with E-state index in [4.69, 9.17) is 0 Å². The molecule has 108 valence electrons. The molecule has 1 saturated heterocycles. The Morgan fingerprint density at radius 1 is 1.40 bits per heavy atom. The molecule has 0 aliphatic carbocycles. The second-order valence-corrected chi connectivity index (χ2v) is 5.13. The number of benzene rings is 1. The highest BCUT2D eigenvalue weighted by Crippen LogP contribution is 2.26. The van der Waals surface area contributed by atoms with E-state index in [0.717, 1.165) is 38.3 Å². The van der Waals surface area contributed by atoms with Crippen LogP contribution in [0.25, 0.3) is 0 Å². The van der Waals surface area contributed by atoms with Crippen molar-refractivity contribution in [2.45, 2.75) is 19.4 Å². The Bertz CT molecular complexity index is 449. The number of anilines is 1. The molecule has 0 radical (unpaired) electrons. The highest BCUT2D eigenvalue weighted by atomic mass is 16.1. The zero-order valence-corrected chi connectivity index (χ0v) is 12.1. The Morgan fingerprint density at radius 2 is 2.05 bits per heavy atom. The smallest absolute Gasteiger partial charge is 0.221 e. The number of carbonyl (C=O) groups is 1. The third-order valence-electron chi connectivity index (χ3n) is 3.60. The fraction of sp³-hybridized carbons (Fsp3) is 0.438. The maximum absolute atomic E-state index is 11.0. The van der Waals surface area contributed by atoms with Crippen molar-refractivity contribution in [3.8, 4) is 0 Å². The van der Waals surface area contributed by atoms with Crippen LogP contribution in [0.1, 0.15) is 24.9 Å². The molecule has 1 amide bonds. The van der Waals surface area contributed by atoms with Crippen molar-refractivity contribution >= 4 is 11.6 Å². The molecule has 0 bridgehead atoms. The molecule has 1 heterocycles. The van der Waals surface area contributed by atoms with Gasteiger partial charge in [-0.2, -0.15) is 0 Å². The van der Waals surface area contributed by atoms with Crippen LogP contribution >= 0.6 is 0 Å². The number of rotatable bonds is 5. The van der Waals surface area contributed by atoms with Gasteiger partial charge < -0.3 is 10.6 Å². The standard InChI is InChI=1S/C16H23N3O/c1-3-4-16(19-11-9-17-10-12-19)14-5-7-15(8-6-14)18-13(2)20/h3,5-8,16-17H,1,4,9-12H2,2H3,(H,18,20)/t16-/m0/s1. The summed E-state index contributed by atoms with van der Waals surface area (Å²) in [6.45, 7) is 9.60. The highest BCUT2D eigenvalue weighted by molar-refractivity contribution is 5.88. The van der Waals surface area contributed by atoms with Gasteiger partial charge >= 0.3 is 0 Å². The van der Waals surface area contributed by atoms with E-state index in [2.05, 4.69) is 34.2 Å². The molecule has 4 heteroatoms. The van der Waals surface area contributed by atoms with E-state index in [9.17, 15) is 4.79 Å². The minimum absolute atomic E-state index is 0.0394. The van der Waals surface area contributed by atoms with Gasteiger partial charge in [-0.15, -0.1) is 6.58 Å². The van der Waals surface area contributed by atoms with Gasteiger partial charge in [0.2, 0.25) is 5.91 Å². The Kier molecular flexibility index (Phi) is 5.32. The van der Waals surface area contributed by atoms with Crippen molar-refractivity contribution in [2.24, 2.45) is 0 Å². The number of hydrogen-bond donors (Lipinski definition) is 2. The van der Waals surface area contributed by atoms with Crippen LogP contribution in [0.5, 0.6) is 0 Å². The van der Waals surface area contributed by atoms with E-state index in [1.165, 1.54) is 12.5 Å². The molecule has 1 aliphatic rings. The predicted molar refractivity (Wildman–Crippen MR) is 82.7 cm³/mol. The van der Waals surface area contributed by atoms with Crippen molar-refractivity contribution in [3.05, 3.63) is 42.5 Å². The number of piperazine rings is 1. The zero-order chi connectivity index (χ0) is 14.4. The van der Waals surface area contributed by atoms with E-state index in [1.54, 1.807) is 0 Å². The molecule has 1 aromatic carbocycles. The quantitative estimate of drug-likeness (QED) is 0.808. The lowest BCUT2D eigenvalue weighted by atomic mass is 10.0. The first-order valence-corrected chi connectivity index (χ1v) is 7.14. The van der Waals surface area contributed by atoms with Gasteiger partial charge in [-0.1, -0.05) is 18.2 Å².